The number of rotatable bonds is 6. The van der Waals surface area contributed by atoms with Gasteiger partial charge in [0.15, 0.2) is 0 Å². The summed E-state index contributed by atoms with van der Waals surface area (Å²) in [5.41, 5.74) is 1.95. The van der Waals surface area contributed by atoms with Crippen molar-refractivity contribution in [2.75, 3.05) is 21.2 Å². The Morgan fingerprint density at radius 1 is 1.07 bits per heavy atom. The minimum absolute atomic E-state index is 0.239. The number of hydrogen-bond donors (Lipinski definition) is 2. The number of benzene rings is 2. The van der Waals surface area contributed by atoms with Crippen LogP contribution in [-0.4, -0.2) is 32.5 Å². The summed E-state index contributed by atoms with van der Waals surface area (Å²) < 4.78 is 25.9. The Balaban J connectivity index is 2.32. The number of anilines is 3. The molecule has 0 aromatic heterocycles. The van der Waals surface area contributed by atoms with Crippen molar-refractivity contribution < 1.29 is 18.0 Å². The van der Waals surface area contributed by atoms with Crippen molar-refractivity contribution >= 4 is 50.5 Å². The third-order valence-corrected chi connectivity index (χ3v) is 5.41. The van der Waals surface area contributed by atoms with E-state index in [1.165, 1.54) is 19.9 Å². The fourth-order valence-electron chi connectivity index (χ4n) is 2.73. The highest BCUT2D eigenvalue weighted by Crippen LogP contribution is 2.28. The summed E-state index contributed by atoms with van der Waals surface area (Å²) in [5.74, 6) is -0.763. The number of aryl methyl sites for hydroxylation is 1. The van der Waals surface area contributed by atoms with E-state index in [1.54, 1.807) is 43.3 Å². The number of carbonyl (C=O) groups is 2. The Bertz CT molecular complexity index is 1010. The molecule has 150 valence electrons. The van der Waals surface area contributed by atoms with Gasteiger partial charge in [-0.05, 0) is 49.7 Å². The monoisotopic (exact) mass is 423 g/mol. The maximum atomic E-state index is 12.8. The van der Waals surface area contributed by atoms with Crippen LogP contribution in [0, 0.1) is 6.92 Å². The maximum absolute atomic E-state index is 12.8. The summed E-state index contributed by atoms with van der Waals surface area (Å²) in [6.07, 6.45) is 1.04. The van der Waals surface area contributed by atoms with Crippen LogP contribution in [0.1, 0.15) is 19.4 Å². The minimum atomic E-state index is -3.76. The predicted molar refractivity (Wildman–Crippen MR) is 112 cm³/mol. The lowest BCUT2D eigenvalue weighted by molar-refractivity contribution is -0.117. The molecule has 2 aromatic rings. The van der Waals surface area contributed by atoms with Crippen LogP contribution in [0.5, 0.6) is 0 Å². The van der Waals surface area contributed by atoms with Crippen LogP contribution < -0.4 is 14.9 Å². The van der Waals surface area contributed by atoms with E-state index in [2.05, 4.69) is 10.6 Å². The SMILES string of the molecule is CC(=O)Nc1cccc(NC(=O)[C@H](C)N(c2cc(Cl)ccc2C)S(C)(=O)=O)c1. The molecule has 0 saturated carbocycles. The summed E-state index contributed by atoms with van der Waals surface area (Å²) in [6.45, 7) is 4.62. The molecule has 7 nitrogen and oxygen atoms in total. The lowest BCUT2D eigenvalue weighted by atomic mass is 10.1. The van der Waals surface area contributed by atoms with Crippen molar-refractivity contribution in [2.45, 2.75) is 26.8 Å². The molecule has 0 spiro atoms. The molecule has 0 aliphatic heterocycles. The lowest BCUT2D eigenvalue weighted by Crippen LogP contribution is -2.45. The third-order valence-electron chi connectivity index (χ3n) is 3.95. The summed E-state index contributed by atoms with van der Waals surface area (Å²) in [4.78, 5) is 24.0. The molecule has 1 atom stereocenters. The first-order valence-electron chi connectivity index (χ1n) is 8.43. The van der Waals surface area contributed by atoms with Gasteiger partial charge in [-0.2, -0.15) is 0 Å². The molecule has 2 rings (SSSR count). The van der Waals surface area contributed by atoms with E-state index in [4.69, 9.17) is 11.6 Å². The summed E-state index contributed by atoms with van der Waals surface area (Å²) in [5, 5.41) is 5.67. The van der Waals surface area contributed by atoms with Gasteiger partial charge in [0.2, 0.25) is 21.8 Å². The van der Waals surface area contributed by atoms with E-state index in [-0.39, 0.29) is 5.91 Å². The topological polar surface area (TPSA) is 95.6 Å². The highest BCUT2D eigenvalue weighted by atomic mass is 35.5. The molecule has 0 heterocycles. The largest absolute Gasteiger partial charge is 0.326 e. The molecular formula is C19H22ClN3O4S. The molecule has 0 aliphatic carbocycles. The van der Waals surface area contributed by atoms with Crippen LogP contribution in [0.2, 0.25) is 5.02 Å². The van der Waals surface area contributed by atoms with Gasteiger partial charge in [0.05, 0.1) is 11.9 Å². The fourth-order valence-corrected chi connectivity index (χ4v) is 4.12. The van der Waals surface area contributed by atoms with Gasteiger partial charge in [0, 0.05) is 23.3 Å². The Kier molecular flexibility index (Phi) is 6.69. The first-order chi connectivity index (χ1) is 13.0. The van der Waals surface area contributed by atoms with E-state index in [9.17, 15) is 18.0 Å². The fraction of sp³-hybridized carbons (Fsp3) is 0.263. The zero-order chi connectivity index (χ0) is 21.1. The van der Waals surface area contributed by atoms with Crippen molar-refractivity contribution in [2.24, 2.45) is 0 Å². The van der Waals surface area contributed by atoms with Gasteiger partial charge in [0.1, 0.15) is 6.04 Å². The lowest BCUT2D eigenvalue weighted by Gasteiger charge is -2.29. The van der Waals surface area contributed by atoms with E-state index < -0.39 is 22.0 Å². The molecular weight excluding hydrogens is 402 g/mol. The normalized spacial score (nSPS) is 12.2. The first-order valence-corrected chi connectivity index (χ1v) is 10.7. The summed E-state index contributed by atoms with van der Waals surface area (Å²) >= 11 is 6.03. The van der Waals surface area contributed by atoms with Crippen LogP contribution in [0.25, 0.3) is 0 Å². The molecule has 0 unspecified atom stereocenters. The first kappa shape index (κ1) is 21.7. The van der Waals surface area contributed by atoms with Crippen LogP contribution in [-0.2, 0) is 19.6 Å². The van der Waals surface area contributed by atoms with Gasteiger partial charge < -0.3 is 10.6 Å². The second kappa shape index (κ2) is 8.62. The van der Waals surface area contributed by atoms with Gasteiger partial charge in [-0.1, -0.05) is 23.7 Å². The Hall–Kier alpha value is -2.58. The van der Waals surface area contributed by atoms with Gasteiger partial charge in [-0.15, -0.1) is 0 Å². The molecule has 0 aliphatic rings. The van der Waals surface area contributed by atoms with Crippen LogP contribution >= 0.6 is 11.6 Å². The molecule has 0 radical (unpaired) electrons. The molecule has 28 heavy (non-hydrogen) atoms. The number of amides is 2. The Labute approximate surface area is 169 Å². The molecule has 0 bridgehead atoms. The molecule has 2 aromatic carbocycles. The zero-order valence-corrected chi connectivity index (χ0v) is 17.6. The van der Waals surface area contributed by atoms with Crippen molar-refractivity contribution in [3.63, 3.8) is 0 Å². The highest BCUT2D eigenvalue weighted by Gasteiger charge is 2.30. The number of hydrogen-bond acceptors (Lipinski definition) is 4. The average Bonchev–Trinajstić information content (AvgIpc) is 2.56. The standard InChI is InChI=1S/C19H22ClN3O4S/c1-12-8-9-15(20)10-18(12)23(28(4,26)27)13(2)19(25)22-17-7-5-6-16(11-17)21-14(3)24/h5-11,13H,1-4H3,(H,21,24)(H,22,25)/t13-/m0/s1. The number of carbonyl (C=O) groups excluding carboxylic acids is 2. The van der Waals surface area contributed by atoms with E-state index in [0.29, 0.717) is 27.6 Å². The molecule has 2 N–H and O–H groups in total. The number of halogens is 1. The smallest absolute Gasteiger partial charge is 0.247 e. The van der Waals surface area contributed by atoms with Crippen molar-refractivity contribution in [3.05, 3.63) is 53.1 Å². The average molecular weight is 424 g/mol. The van der Waals surface area contributed by atoms with Crippen LogP contribution in [0.15, 0.2) is 42.5 Å². The predicted octanol–water partition coefficient (Wildman–Crippen LogP) is 3.40. The van der Waals surface area contributed by atoms with Gasteiger partial charge in [0.25, 0.3) is 0 Å². The maximum Gasteiger partial charge on any atom is 0.247 e. The van der Waals surface area contributed by atoms with Crippen molar-refractivity contribution in [1.82, 2.24) is 0 Å². The Morgan fingerprint density at radius 2 is 1.68 bits per heavy atom. The van der Waals surface area contributed by atoms with Gasteiger partial charge in [-0.25, -0.2) is 8.42 Å². The minimum Gasteiger partial charge on any atom is -0.326 e. The highest BCUT2D eigenvalue weighted by molar-refractivity contribution is 7.92. The van der Waals surface area contributed by atoms with E-state index in [1.807, 2.05) is 0 Å². The molecule has 0 saturated heterocycles. The number of nitrogens with zero attached hydrogens (tertiary/aromatic N) is 1. The van der Waals surface area contributed by atoms with Gasteiger partial charge in [-0.3, -0.25) is 13.9 Å². The quantitative estimate of drug-likeness (QED) is 0.744. The van der Waals surface area contributed by atoms with Gasteiger partial charge >= 0.3 is 0 Å². The molecule has 0 fully saturated rings. The number of sulfonamides is 1. The van der Waals surface area contributed by atoms with Crippen molar-refractivity contribution in [3.8, 4) is 0 Å². The van der Waals surface area contributed by atoms with E-state index >= 15 is 0 Å². The van der Waals surface area contributed by atoms with Crippen molar-refractivity contribution in [1.29, 1.82) is 0 Å². The Morgan fingerprint density at radius 3 is 2.25 bits per heavy atom. The summed E-state index contributed by atoms with van der Waals surface area (Å²) in [6, 6.07) is 10.4. The van der Waals surface area contributed by atoms with Crippen LogP contribution in [0.3, 0.4) is 0 Å². The third kappa shape index (κ3) is 5.46. The molecule has 9 heteroatoms. The second-order valence-electron chi connectivity index (χ2n) is 6.42. The summed E-state index contributed by atoms with van der Waals surface area (Å²) in [7, 11) is -3.76. The second-order valence-corrected chi connectivity index (χ2v) is 8.71. The zero-order valence-electron chi connectivity index (χ0n) is 16.0. The van der Waals surface area contributed by atoms with Crippen LogP contribution in [0.4, 0.5) is 17.1 Å². The van der Waals surface area contributed by atoms with E-state index in [0.717, 1.165) is 10.6 Å². The molecule has 2 amide bonds. The number of nitrogens with one attached hydrogen (secondary N) is 2.